The molecule has 102 valence electrons. The molecule has 0 unspecified atom stereocenters. The lowest BCUT2D eigenvalue weighted by Crippen LogP contribution is -1.99. The fourth-order valence-corrected chi connectivity index (χ4v) is 1.89. The number of carbonyl (C=O) groups is 1. The second-order valence-corrected chi connectivity index (χ2v) is 4.69. The van der Waals surface area contributed by atoms with Crippen molar-refractivity contribution in [3.63, 3.8) is 0 Å². The van der Waals surface area contributed by atoms with Gasteiger partial charge in [0.15, 0.2) is 0 Å². The Hall–Kier alpha value is -2.33. The van der Waals surface area contributed by atoms with Crippen molar-refractivity contribution in [2.24, 2.45) is 5.10 Å². The summed E-state index contributed by atoms with van der Waals surface area (Å²) in [4.78, 5) is 11.0. The third-order valence-electron chi connectivity index (χ3n) is 2.65. The van der Waals surface area contributed by atoms with Gasteiger partial charge < -0.3 is 5.11 Å². The lowest BCUT2D eigenvalue weighted by Gasteiger charge is -2.03. The lowest BCUT2D eigenvalue weighted by atomic mass is 10.2. The molecule has 0 saturated carbocycles. The van der Waals surface area contributed by atoms with Crippen molar-refractivity contribution in [2.45, 2.75) is 6.92 Å². The van der Waals surface area contributed by atoms with E-state index in [0.29, 0.717) is 5.69 Å². The number of anilines is 1. The van der Waals surface area contributed by atoms with Gasteiger partial charge in [-0.2, -0.15) is 5.10 Å². The van der Waals surface area contributed by atoms with E-state index in [9.17, 15) is 4.79 Å². The van der Waals surface area contributed by atoms with Crippen molar-refractivity contribution in [3.05, 3.63) is 64.2 Å². The molecule has 2 aromatic carbocycles. The van der Waals surface area contributed by atoms with Crippen molar-refractivity contribution in [3.8, 4) is 0 Å². The monoisotopic (exact) mass is 288 g/mol. The fourth-order valence-electron chi connectivity index (χ4n) is 1.69. The first-order chi connectivity index (χ1) is 9.56. The SMILES string of the molecule is Cc1cccc(/C=N/Nc2ccc(Cl)c(C(=O)O)c2)c1. The van der Waals surface area contributed by atoms with Crippen LogP contribution in [0, 0.1) is 6.92 Å². The second kappa shape index (κ2) is 6.21. The van der Waals surface area contributed by atoms with Gasteiger partial charge in [0.05, 0.1) is 22.5 Å². The summed E-state index contributed by atoms with van der Waals surface area (Å²) in [5.74, 6) is -1.07. The molecule has 0 fully saturated rings. The van der Waals surface area contributed by atoms with E-state index in [-0.39, 0.29) is 10.6 Å². The van der Waals surface area contributed by atoms with E-state index in [1.54, 1.807) is 12.3 Å². The number of carboxylic acid groups (broad SMARTS) is 1. The van der Waals surface area contributed by atoms with Crippen LogP contribution in [0.2, 0.25) is 5.02 Å². The number of rotatable bonds is 4. The Morgan fingerprint density at radius 1 is 1.30 bits per heavy atom. The summed E-state index contributed by atoms with van der Waals surface area (Å²) in [5.41, 5.74) is 5.50. The number of hydrogen-bond acceptors (Lipinski definition) is 3. The van der Waals surface area contributed by atoms with E-state index in [4.69, 9.17) is 16.7 Å². The van der Waals surface area contributed by atoms with Crippen LogP contribution in [-0.4, -0.2) is 17.3 Å². The first-order valence-corrected chi connectivity index (χ1v) is 6.32. The number of aryl methyl sites for hydroxylation is 1. The third kappa shape index (κ3) is 3.59. The number of nitrogens with zero attached hydrogens (tertiary/aromatic N) is 1. The van der Waals surface area contributed by atoms with Gasteiger partial charge in [-0.05, 0) is 30.7 Å². The highest BCUT2D eigenvalue weighted by molar-refractivity contribution is 6.33. The number of halogens is 1. The molecular formula is C15H13ClN2O2. The zero-order valence-corrected chi connectivity index (χ0v) is 11.6. The van der Waals surface area contributed by atoms with Crippen LogP contribution >= 0.6 is 11.6 Å². The highest BCUT2D eigenvalue weighted by Gasteiger charge is 2.08. The number of carboxylic acids is 1. The summed E-state index contributed by atoms with van der Waals surface area (Å²) in [6.07, 6.45) is 1.67. The van der Waals surface area contributed by atoms with Crippen molar-refractivity contribution < 1.29 is 9.90 Å². The van der Waals surface area contributed by atoms with Crippen molar-refractivity contribution in [1.29, 1.82) is 0 Å². The third-order valence-corrected chi connectivity index (χ3v) is 2.98. The molecule has 20 heavy (non-hydrogen) atoms. The molecule has 2 aromatic rings. The van der Waals surface area contributed by atoms with Gasteiger partial charge in [-0.25, -0.2) is 4.79 Å². The minimum atomic E-state index is -1.07. The summed E-state index contributed by atoms with van der Waals surface area (Å²) in [7, 11) is 0. The maximum absolute atomic E-state index is 11.0. The summed E-state index contributed by atoms with van der Waals surface area (Å²) in [5, 5.41) is 13.2. The normalized spacial score (nSPS) is 10.7. The Labute approximate surface area is 121 Å². The highest BCUT2D eigenvalue weighted by atomic mass is 35.5. The van der Waals surface area contributed by atoms with Crippen LogP contribution in [0.4, 0.5) is 5.69 Å². The van der Waals surface area contributed by atoms with E-state index in [1.807, 2.05) is 31.2 Å². The molecule has 0 radical (unpaired) electrons. The maximum Gasteiger partial charge on any atom is 0.337 e. The number of nitrogens with one attached hydrogen (secondary N) is 1. The number of aromatic carboxylic acids is 1. The smallest absolute Gasteiger partial charge is 0.337 e. The molecule has 0 aliphatic carbocycles. The van der Waals surface area contributed by atoms with Crippen molar-refractivity contribution in [1.82, 2.24) is 0 Å². The zero-order valence-electron chi connectivity index (χ0n) is 10.8. The van der Waals surface area contributed by atoms with Gasteiger partial charge in [-0.3, -0.25) is 5.43 Å². The Balaban J connectivity index is 2.11. The predicted octanol–water partition coefficient (Wildman–Crippen LogP) is 3.79. The zero-order chi connectivity index (χ0) is 14.5. The molecule has 0 aromatic heterocycles. The Bertz CT molecular complexity index is 669. The largest absolute Gasteiger partial charge is 0.478 e. The van der Waals surface area contributed by atoms with Crippen LogP contribution < -0.4 is 5.43 Å². The molecule has 0 aliphatic rings. The number of hydrazone groups is 1. The van der Waals surface area contributed by atoms with E-state index in [2.05, 4.69) is 10.5 Å². The van der Waals surface area contributed by atoms with Gasteiger partial charge in [0, 0.05) is 0 Å². The van der Waals surface area contributed by atoms with E-state index < -0.39 is 5.97 Å². The van der Waals surface area contributed by atoms with E-state index in [0.717, 1.165) is 11.1 Å². The summed E-state index contributed by atoms with van der Waals surface area (Å²) < 4.78 is 0. The first-order valence-electron chi connectivity index (χ1n) is 5.95. The fraction of sp³-hybridized carbons (Fsp3) is 0.0667. The average Bonchev–Trinajstić information content (AvgIpc) is 2.40. The molecule has 5 heteroatoms. The van der Waals surface area contributed by atoms with Crippen LogP contribution in [0.15, 0.2) is 47.6 Å². The minimum absolute atomic E-state index is 0.0439. The Morgan fingerprint density at radius 2 is 2.10 bits per heavy atom. The van der Waals surface area contributed by atoms with Crippen molar-refractivity contribution in [2.75, 3.05) is 5.43 Å². The average molecular weight is 289 g/mol. The molecule has 0 spiro atoms. The molecule has 0 heterocycles. The topological polar surface area (TPSA) is 61.7 Å². The highest BCUT2D eigenvalue weighted by Crippen LogP contribution is 2.20. The standard InChI is InChI=1S/C15H13ClN2O2/c1-10-3-2-4-11(7-10)9-17-18-12-5-6-14(16)13(8-12)15(19)20/h2-9,18H,1H3,(H,19,20)/b17-9+. The van der Waals surface area contributed by atoms with Gasteiger partial charge in [0.1, 0.15) is 0 Å². The van der Waals surface area contributed by atoms with Gasteiger partial charge >= 0.3 is 5.97 Å². The summed E-state index contributed by atoms with van der Waals surface area (Å²) in [6, 6.07) is 12.5. The predicted molar refractivity (Wildman–Crippen MR) is 80.8 cm³/mol. The molecule has 2 N–H and O–H groups in total. The maximum atomic E-state index is 11.0. The molecule has 0 amide bonds. The second-order valence-electron chi connectivity index (χ2n) is 4.28. The summed E-state index contributed by atoms with van der Waals surface area (Å²) in [6.45, 7) is 2.00. The molecular weight excluding hydrogens is 276 g/mol. The summed E-state index contributed by atoms with van der Waals surface area (Å²) >= 11 is 5.79. The minimum Gasteiger partial charge on any atom is -0.478 e. The Morgan fingerprint density at radius 3 is 2.80 bits per heavy atom. The van der Waals surface area contributed by atoms with Crippen LogP contribution in [0.3, 0.4) is 0 Å². The quantitative estimate of drug-likeness (QED) is 0.664. The molecule has 0 atom stereocenters. The molecule has 4 nitrogen and oxygen atoms in total. The van der Waals surface area contributed by atoms with Gasteiger partial charge in [-0.1, -0.05) is 41.4 Å². The molecule has 2 rings (SSSR count). The van der Waals surface area contributed by atoms with Gasteiger partial charge in [-0.15, -0.1) is 0 Å². The molecule has 0 bridgehead atoms. The van der Waals surface area contributed by atoms with Crippen molar-refractivity contribution >= 4 is 29.5 Å². The van der Waals surface area contributed by atoms with Crippen LogP contribution in [-0.2, 0) is 0 Å². The Kier molecular flexibility index (Phi) is 4.38. The number of hydrogen-bond donors (Lipinski definition) is 2. The lowest BCUT2D eigenvalue weighted by molar-refractivity contribution is 0.0697. The first kappa shape index (κ1) is 14.1. The number of benzene rings is 2. The molecule has 0 aliphatic heterocycles. The van der Waals surface area contributed by atoms with Crippen LogP contribution in [0.1, 0.15) is 21.5 Å². The van der Waals surface area contributed by atoms with Crippen LogP contribution in [0.25, 0.3) is 0 Å². The molecule has 0 saturated heterocycles. The van der Waals surface area contributed by atoms with Gasteiger partial charge in [0.2, 0.25) is 0 Å². The van der Waals surface area contributed by atoms with E-state index >= 15 is 0 Å². The van der Waals surface area contributed by atoms with Crippen LogP contribution in [0.5, 0.6) is 0 Å². The van der Waals surface area contributed by atoms with Gasteiger partial charge in [0.25, 0.3) is 0 Å². The van der Waals surface area contributed by atoms with E-state index in [1.165, 1.54) is 12.1 Å².